The molecule has 0 amide bonds. The fourth-order valence-electron chi connectivity index (χ4n) is 1.33. The highest BCUT2D eigenvalue weighted by Crippen LogP contribution is 2.15. The van der Waals surface area contributed by atoms with E-state index >= 15 is 0 Å². The molecule has 1 heterocycles. The van der Waals surface area contributed by atoms with Gasteiger partial charge in [0.05, 0.1) is 11.5 Å². The van der Waals surface area contributed by atoms with Crippen LogP contribution in [0.15, 0.2) is 0 Å². The molecule has 66 valence electrons. The van der Waals surface area contributed by atoms with Gasteiger partial charge in [-0.1, -0.05) is 0 Å². The van der Waals surface area contributed by atoms with Gasteiger partial charge in [0, 0.05) is 12.0 Å². The van der Waals surface area contributed by atoms with E-state index in [0.29, 0.717) is 13.0 Å². The summed E-state index contributed by atoms with van der Waals surface area (Å²) in [6.45, 7) is 0.375. The molecule has 1 rings (SSSR count). The molecule has 0 bridgehead atoms. The lowest BCUT2D eigenvalue weighted by Crippen LogP contribution is -2.45. The molecule has 0 aromatic carbocycles. The molecule has 1 aliphatic heterocycles. The molecule has 4 N–H and O–H groups in total. The van der Waals surface area contributed by atoms with Crippen molar-refractivity contribution in [2.75, 3.05) is 18.1 Å². The van der Waals surface area contributed by atoms with Crippen molar-refractivity contribution in [3.8, 4) is 0 Å². The maximum absolute atomic E-state index is 11.1. The quantitative estimate of drug-likeness (QED) is 0.523. The molecule has 0 aromatic heterocycles. The minimum absolute atomic E-state index is 0.0245. The summed E-state index contributed by atoms with van der Waals surface area (Å²) in [4.78, 5) is 0. The molecule has 0 unspecified atom stereocenters. The maximum atomic E-state index is 11.1. The van der Waals surface area contributed by atoms with Crippen molar-refractivity contribution >= 4 is 9.84 Å². The molecule has 1 aliphatic rings. The second-order valence-corrected chi connectivity index (χ2v) is 5.29. The van der Waals surface area contributed by atoms with Crippen LogP contribution in [0.1, 0.15) is 6.42 Å². The van der Waals surface area contributed by atoms with Gasteiger partial charge in [0.2, 0.25) is 0 Å². The highest BCUT2D eigenvalue weighted by Gasteiger charge is 2.29. The van der Waals surface area contributed by atoms with E-state index < -0.39 is 9.84 Å². The predicted molar refractivity (Wildman–Crippen MR) is 43.8 cm³/mol. The third kappa shape index (κ3) is 2.15. The highest BCUT2D eigenvalue weighted by molar-refractivity contribution is 7.91. The van der Waals surface area contributed by atoms with Crippen LogP contribution in [0.5, 0.6) is 0 Å². The molecule has 0 spiro atoms. The molecule has 0 radical (unpaired) electrons. The Labute approximate surface area is 66.9 Å². The average Bonchev–Trinajstić information content (AvgIpc) is 1.94. The Morgan fingerprint density at radius 2 is 2.09 bits per heavy atom. The lowest BCUT2D eigenvalue weighted by molar-refractivity contribution is 0.429. The first-order valence-electron chi connectivity index (χ1n) is 3.71. The Kier molecular flexibility index (Phi) is 2.51. The first-order valence-corrected chi connectivity index (χ1v) is 5.53. The van der Waals surface area contributed by atoms with E-state index in [2.05, 4.69) is 0 Å². The monoisotopic (exact) mass is 178 g/mol. The van der Waals surface area contributed by atoms with Crippen molar-refractivity contribution in [1.29, 1.82) is 0 Å². The maximum Gasteiger partial charge on any atom is 0.150 e. The second kappa shape index (κ2) is 3.08. The summed E-state index contributed by atoms with van der Waals surface area (Å²) in [6.07, 6.45) is 0.560. The summed E-state index contributed by atoms with van der Waals surface area (Å²) in [5.74, 6) is 0.365. The van der Waals surface area contributed by atoms with Gasteiger partial charge in [0.15, 0.2) is 9.84 Å². The Hall–Kier alpha value is -0.130. The number of hydrogen-bond acceptors (Lipinski definition) is 4. The zero-order chi connectivity index (χ0) is 8.48. The summed E-state index contributed by atoms with van der Waals surface area (Å²) in [6, 6.07) is -0.0245. The largest absolute Gasteiger partial charge is 0.330 e. The van der Waals surface area contributed by atoms with Crippen molar-refractivity contribution in [3.63, 3.8) is 0 Å². The number of rotatable bonds is 1. The van der Waals surface area contributed by atoms with Crippen LogP contribution in [-0.2, 0) is 9.84 Å². The first-order chi connectivity index (χ1) is 5.05. The molecular formula is C6H14N2O2S. The molecule has 1 fully saturated rings. The number of sulfone groups is 1. The van der Waals surface area contributed by atoms with Crippen molar-refractivity contribution < 1.29 is 8.42 Å². The average molecular weight is 178 g/mol. The minimum atomic E-state index is -2.84. The highest BCUT2D eigenvalue weighted by atomic mass is 32.2. The molecule has 0 aromatic rings. The fraction of sp³-hybridized carbons (Fsp3) is 1.00. The number of nitrogens with two attached hydrogens (primary N) is 2. The van der Waals surface area contributed by atoms with Crippen LogP contribution < -0.4 is 11.5 Å². The SMILES string of the molecule is NC[C@H]1CS(=O)(=O)CC[C@H]1N. The predicted octanol–water partition coefficient (Wildman–Crippen LogP) is -1.29. The molecule has 1 saturated heterocycles. The van der Waals surface area contributed by atoms with E-state index in [-0.39, 0.29) is 23.5 Å². The lowest BCUT2D eigenvalue weighted by Gasteiger charge is -2.26. The topological polar surface area (TPSA) is 86.2 Å². The van der Waals surface area contributed by atoms with Gasteiger partial charge < -0.3 is 11.5 Å². The molecule has 2 atom stereocenters. The van der Waals surface area contributed by atoms with Crippen LogP contribution in [0.4, 0.5) is 0 Å². The van der Waals surface area contributed by atoms with Crippen molar-refractivity contribution in [2.45, 2.75) is 12.5 Å². The molecule has 4 nitrogen and oxygen atoms in total. The molecule has 5 heteroatoms. The van der Waals surface area contributed by atoms with Crippen molar-refractivity contribution in [1.82, 2.24) is 0 Å². The molecule has 0 aliphatic carbocycles. The van der Waals surface area contributed by atoms with Gasteiger partial charge in [-0.05, 0) is 13.0 Å². The molecular weight excluding hydrogens is 164 g/mol. The normalized spacial score (nSPS) is 36.9. The van der Waals surface area contributed by atoms with Crippen LogP contribution in [0.2, 0.25) is 0 Å². The lowest BCUT2D eigenvalue weighted by atomic mass is 10.0. The molecule has 11 heavy (non-hydrogen) atoms. The molecule has 0 saturated carbocycles. The fourth-order valence-corrected chi connectivity index (χ4v) is 3.16. The first kappa shape index (κ1) is 8.96. The van der Waals surface area contributed by atoms with Crippen LogP contribution in [0.25, 0.3) is 0 Å². The van der Waals surface area contributed by atoms with Crippen LogP contribution in [0.3, 0.4) is 0 Å². The Morgan fingerprint density at radius 1 is 1.45 bits per heavy atom. The summed E-state index contributed by atoms with van der Waals surface area (Å²) in [7, 11) is -2.84. The van der Waals surface area contributed by atoms with Crippen molar-refractivity contribution in [2.24, 2.45) is 17.4 Å². The van der Waals surface area contributed by atoms with Gasteiger partial charge >= 0.3 is 0 Å². The Balaban J connectivity index is 2.66. The van der Waals surface area contributed by atoms with Crippen molar-refractivity contribution in [3.05, 3.63) is 0 Å². The third-order valence-corrected chi connectivity index (χ3v) is 3.93. The van der Waals surface area contributed by atoms with E-state index in [1.165, 1.54) is 0 Å². The summed E-state index contributed by atoms with van der Waals surface area (Å²) in [5.41, 5.74) is 11.0. The number of hydrogen-bond donors (Lipinski definition) is 2. The standard InChI is InChI=1S/C6H14N2O2S/c7-3-5-4-11(9,10)2-1-6(5)8/h5-6H,1-4,7-8H2/t5-,6+/m0/s1. The van der Waals surface area contributed by atoms with E-state index in [1.807, 2.05) is 0 Å². The van der Waals surface area contributed by atoms with Gasteiger partial charge in [0.1, 0.15) is 0 Å². The smallest absolute Gasteiger partial charge is 0.150 e. The Bertz CT molecular complexity index is 225. The second-order valence-electron chi connectivity index (χ2n) is 3.06. The van der Waals surface area contributed by atoms with Crippen LogP contribution in [-0.4, -0.2) is 32.5 Å². The Morgan fingerprint density at radius 3 is 2.55 bits per heavy atom. The third-order valence-electron chi connectivity index (χ3n) is 2.14. The van der Waals surface area contributed by atoms with E-state index in [0.717, 1.165) is 0 Å². The van der Waals surface area contributed by atoms with E-state index in [9.17, 15) is 8.42 Å². The zero-order valence-electron chi connectivity index (χ0n) is 6.36. The van der Waals surface area contributed by atoms with Gasteiger partial charge in [-0.15, -0.1) is 0 Å². The van der Waals surface area contributed by atoms with Gasteiger partial charge in [-0.2, -0.15) is 0 Å². The summed E-state index contributed by atoms with van der Waals surface area (Å²) in [5, 5.41) is 0. The van der Waals surface area contributed by atoms with Crippen LogP contribution >= 0.6 is 0 Å². The van der Waals surface area contributed by atoms with E-state index in [4.69, 9.17) is 11.5 Å². The van der Waals surface area contributed by atoms with Crippen LogP contribution in [0, 0.1) is 5.92 Å². The van der Waals surface area contributed by atoms with E-state index in [1.54, 1.807) is 0 Å². The zero-order valence-corrected chi connectivity index (χ0v) is 7.18. The summed E-state index contributed by atoms with van der Waals surface area (Å²) >= 11 is 0. The van der Waals surface area contributed by atoms with Gasteiger partial charge in [-0.25, -0.2) is 8.42 Å². The minimum Gasteiger partial charge on any atom is -0.330 e. The summed E-state index contributed by atoms with van der Waals surface area (Å²) < 4.78 is 22.1. The van der Waals surface area contributed by atoms with Gasteiger partial charge in [0.25, 0.3) is 0 Å². The van der Waals surface area contributed by atoms with Gasteiger partial charge in [-0.3, -0.25) is 0 Å².